The molecule has 23 heavy (non-hydrogen) atoms. The van der Waals surface area contributed by atoms with E-state index in [1.165, 1.54) is 0 Å². The van der Waals surface area contributed by atoms with Crippen molar-refractivity contribution in [3.63, 3.8) is 0 Å². The number of amides is 1. The second-order valence-corrected chi connectivity index (χ2v) is 6.78. The first-order chi connectivity index (χ1) is 11.2. The van der Waals surface area contributed by atoms with Crippen molar-refractivity contribution in [3.8, 4) is 0 Å². The minimum Gasteiger partial charge on any atom is -0.383 e. The summed E-state index contributed by atoms with van der Waals surface area (Å²) in [5, 5.41) is 0.742. The van der Waals surface area contributed by atoms with Crippen LogP contribution in [0.25, 0.3) is 10.2 Å². The molecule has 0 N–H and O–H groups in total. The van der Waals surface area contributed by atoms with E-state index in [0.717, 1.165) is 34.8 Å². The summed E-state index contributed by atoms with van der Waals surface area (Å²) in [5.41, 5.74) is 0.927. The highest BCUT2D eigenvalue weighted by Gasteiger charge is 2.33. The zero-order chi connectivity index (χ0) is 16.2. The number of hydrogen-bond donors (Lipinski definition) is 0. The van der Waals surface area contributed by atoms with Crippen LogP contribution in [-0.4, -0.2) is 43.9 Å². The summed E-state index contributed by atoms with van der Waals surface area (Å²) in [6.07, 6.45) is 1.75. The molecule has 1 aromatic carbocycles. The van der Waals surface area contributed by atoms with Gasteiger partial charge in [0.05, 0.1) is 35.4 Å². The van der Waals surface area contributed by atoms with Crippen molar-refractivity contribution >= 4 is 32.6 Å². The molecule has 2 heterocycles. The molecule has 6 heteroatoms. The van der Waals surface area contributed by atoms with E-state index >= 15 is 0 Å². The summed E-state index contributed by atoms with van der Waals surface area (Å²) in [7, 11) is 1.65. The van der Waals surface area contributed by atoms with Gasteiger partial charge in [0.1, 0.15) is 0 Å². The highest BCUT2D eigenvalue weighted by atomic mass is 32.1. The maximum Gasteiger partial charge on any atom is 0.234 e. The lowest BCUT2D eigenvalue weighted by atomic mass is 9.94. The number of benzene rings is 1. The van der Waals surface area contributed by atoms with Crippen molar-refractivity contribution in [3.05, 3.63) is 24.3 Å². The highest BCUT2D eigenvalue weighted by molar-refractivity contribution is 7.22. The maximum atomic E-state index is 13.0. The number of ether oxygens (including phenoxy) is 2. The maximum absolute atomic E-state index is 13.0. The first-order valence-corrected chi connectivity index (χ1v) is 8.80. The Bertz CT molecular complexity index is 640. The smallest absolute Gasteiger partial charge is 0.234 e. The largest absolute Gasteiger partial charge is 0.383 e. The number of nitrogens with zero attached hydrogens (tertiary/aromatic N) is 2. The number of thiazole rings is 1. The molecular formula is C17H22N2O3S. The first-order valence-electron chi connectivity index (χ1n) is 7.98. The lowest BCUT2D eigenvalue weighted by Crippen LogP contribution is -2.44. The Balaban J connectivity index is 1.88. The van der Waals surface area contributed by atoms with Crippen LogP contribution in [0.15, 0.2) is 24.3 Å². The Kier molecular flexibility index (Phi) is 5.25. The summed E-state index contributed by atoms with van der Waals surface area (Å²) in [6.45, 7) is 3.72. The van der Waals surface area contributed by atoms with Crippen molar-refractivity contribution in [1.82, 2.24) is 4.98 Å². The molecule has 0 radical (unpaired) electrons. The van der Waals surface area contributed by atoms with Crippen LogP contribution in [0.2, 0.25) is 0 Å². The summed E-state index contributed by atoms with van der Waals surface area (Å²) in [5.74, 6) is -0.0130. The fourth-order valence-electron chi connectivity index (χ4n) is 2.91. The van der Waals surface area contributed by atoms with Gasteiger partial charge < -0.3 is 9.47 Å². The van der Waals surface area contributed by atoms with Crippen LogP contribution in [0.3, 0.4) is 0 Å². The van der Waals surface area contributed by atoms with E-state index < -0.39 is 0 Å². The fraction of sp³-hybridized carbons (Fsp3) is 0.529. The van der Waals surface area contributed by atoms with Crippen LogP contribution in [0.1, 0.15) is 19.8 Å². The molecule has 1 aliphatic heterocycles. The monoisotopic (exact) mass is 334 g/mol. The van der Waals surface area contributed by atoms with E-state index in [1.807, 2.05) is 31.2 Å². The Morgan fingerprint density at radius 1 is 1.48 bits per heavy atom. The summed E-state index contributed by atoms with van der Waals surface area (Å²) in [4.78, 5) is 19.5. The van der Waals surface area contributed by atoms with Gasteiger partial charge in [-0.1, -0.05) is 23.5 Å². The standard InChI is InChI=1S/C17H22N2O3S/c1-12-13(6-5-10-22-12)16(20)19(9-11-21-2)17-18-14-7-3-4-8-15(14)23-17/h3-4,7-8,12-13H,5-6,9-11H2,1-2H3/t12-,13+/m0/s1. The normalized spacial score (nSPS) is 21.5. The van der Waals surface area contributed by atoms with Gasteiger partial charge in [-0.25, -0.2) is 4.98 Å². The highest BCUT2D eigenvalue weighted by Crippen LogP contribution is 2.31. The predicted octanol–water partition coefficient (Wildman–Crippen LogP) is 3.09. The molecule has 5 nitrogen and oxygen atoms in total. The van der Waals surface area contributed by atoms with Gasteiger partial charge in [-0.15, -0.1) is 0 Å². The third-order valence-electron chi connectivity index (χ3n) is 4.22. The molecule has 1 fully saturated rings. The molecule has 1 saturated heterocycles. The number of rotatable bonds is 5. The van der Waals surface area contributed by atoms with Crippen LogP contribution in [0.5, 0.6) is 0 Å². The molecular weight excluding hydrogens is 312 g/mol. The number of carbonyl (C=O) groups excluding carboxylic acids is 1. The molecule has 0 spiro atoms. The van der Waals surface area contributed by atoms with Gasteiger partial charge in [0.2, 0.25) is 5.91 Å². The van der Waals surface area contributed by atoms with Gasteiger partial charge in [-0.3, -0.25) is 9.69 Å². The number of aromatic nitrogens is 1. The molecule has 0 bridgehead atoms. The Labute approximate surface area is 140 Å². The number of carbonyl (C=O) groups is 1. The Morgan fingerprint density at radius 3 is 3.04 bits per heavy atom. The van der Waals surface area contributed by atoms with Crippen molar-refractivity contribution in [2.24, 2.45) is 5.92 Å². The molecule has 0 aliphatic carbocycles. The topological polar surface area (TPSA) is 51.7 Å². The van der Waals surface area contributed by atoms with Crippen LogP contribution in [0, 0.1) is 5.92 Å². The minimum absolute atomic E-state index is 0.0457. The summed E-state index contributed by atoms with van der Waals surface area (Å²) in [6, 6.07) is 7.95. The predicted molar refractivity (Wildman–Crippen MR) is 92.0 cm³/mol. The van der Waals surface area contributed by atoms with Crippen molar-refractivity contribution in [2.45, 2.75) is 25.9 Å². The molecule has 0 unspecified atom stereocenters. The van der Waals surface area contributed by atoms with Crippen molar-refractivity contribution in [2.75, 3.05) is 31.8 Å². The minimum atomic E-state index is -0.104. The molecule has 3 rings (SSSR count). The number of fused-ring (bicyclic) bond motifs is 1. The van der Waals surface area contributed by atoms with E-state index in [4.69, 9.17) is 9.47 Å². The van der Waals surface area contributed by atoms with Gasteiger partial charge in [-0.2, -0.15) is 0 Å². The molecule has 1 amide bonds. The third-order valence-corrected chi connectivity index (χ3v) is 5.28. The number of anilines is 1. The van der Waals surface area contributed by atoms with E-state index in [2.05, 4.69) is 4.98 Å². The number of methoxy groups -OCH3 is 1. The van der Waals surface area contributed by atoms with Crippen LogP contribution < -0.4 is 4.90 Å². The SMILES string of the molecule is COCCN(C(=O)[C@@H]1CCCO[C@H]1C)c1nc2ccccc2s1. The Hall–Kier alpha value is -1.50. The molecule has 124 valence electrons. The first kappa shape index (κ1) is 16.4. The zero-order valence-electron chi connectivity index (χ0n) is 13.5. The molecule has 2 atom stereocenters. The van der Waals surface area contributed by atoms with Gasteiger partial charge in [0.15, 0.2) is 5.13 Å². The second kappa shape index (κ2) is 7.38. The van der Waals surface area contributed by atoms with Gasteiger partial charge in [-0.05, 0) is 31.9 Å². The summed E-state index contributed by atoms with van der Waals surface area (Å²) >= 11 is 1.55. The molecule has 1 aliphatic rings. The number of hydrogen-bond acceptors (Lipinski definition) is 5. The third kappa shape index (κ3) is 3.54. The van der Waals surface area contributed by atoms with Gasteiger partial charge in [0, 0.05) is 13.7 Å². The van der Waals surface area contributed by atoms with E-state index in [0.29, 0.717) is 13.2 Å². The average Bonchev–Trinajstić information content (AvgIpc) is 2.99. The van der Waals surface area contributed by atoms with Gasteiger partial charge in [0.25, 0.3) is 0 Å². The van der Waals surface area contributed by atoms with Crippen molar-refractivity contribution in [1.29, 1.82) is 0 Å². The van der Waals surface area contributed by atoms with E-state index in [9.17, 15) is 4.79 Å². The van der Waals surface area contributed by atoms with Gasteiger partial charge >= 0.3 is 0 Å². The fourth-order valence-corrected chi connectivity index (χ4v) is 3.90. The van der Waals surface area contributed by atoms with Crippen LogP contribution in [0.4, 0.5) is 5.13 Å². The van der Waals surface area contributed by atoms with E-state index in [-0.39, 0.29) is 17.9 Å². The summed E-state index contributed by atoms with van der Waals surface area (Å²) < 4.78 is 11.9. The van der Waals surface area contributed by atoms with Crippen LogP contribution >= 0.6 is 11.3 Å². The van der Waals surface area contributed by atoms with E-state index in [1.54, 1.807) is 23.3 Å². The lowest BCUT2D eigenvalue weighted by Gasteiger charge is -2.32. The van der Waals surface area contributed by atoms with Crippen molar-refractivity contribution < 1.29 is 14.3 Å². The quantitative estimate of drug-likeness (QED) is 0.843. The van der Waals surface area contributed by atoms with Crippen LogP contribution in [-0.2, 0) is 14.3 Å². The lowest BCUT2D eigenvalue weighted by molar-refractivity contribution is -0.130. The molecule has 1 aromatic heterocycles. The average molecular weight is 334 g/mol. The molecule has 2 aromatic rings. The zero-order valence-corrected chi connectivity index (χ0v) is 14.3. The number of para-hydroxylation sites is 1. The molecule has 0 saturated carbocycles. The Morgan fingerprint density at radius 2 is 2.30 bits per heavy atom. The second-order valence-electron chi connectivity index (χ2n) is 5.77.